The van der Waals surface area contributed by atoms with Crippen LogP contribution in [0.4, 0.5) is 5.69 Å². The molecular weight excluding hydrogens is 450 g/mol. The van der Waals surface area contributed by atoms with Gasteiger partial charge in [0.2, 0.25) is 0 Å². The number of anilines is 1. The van der Waals surface area contributed by atoms with Crippen molar-refractivity contribution in [3.8, 4) is 5.75 Å². The van der Waals surface area contributed by atoms with Gasteiger partial charge in [0.05, 0.1) is 17.7 Å². The largest absolute Gasteiger partial charge is 0.497 e. The van der Waals surface area contributed by atoms with Crippen LogP contribution < -0.4 is 9.04 Å². The average molecular weight is 480 g/mol. The van der Waals surface area contributed by atoms with Gasteiger partial charge in [-0.15, -0.1) is 0 Å². The minimum absolute atomic E-state index is 0.0356. The Morgan fingerprint density at radius 1 is 0.882 bits per heavy atom. The number of benzene rings is 3. The van der Waals surface area contributed by atoms with Gasteiger partial charge in [0.15, 0.2) is 0 Å². The van der Waals surface area contributed by atoms with Gasteiger partial charge in [-0.1, -0.05) is 30.3 Å². The summed E-state index contributed by atoms with van der Waals surface area (Å²) < 4.78 is 32.2. The highest BCUT2D eigenvalue weighted by Crippen LogP contribution is 2.24. The number of carbonyl (C=O) groups is 1. The summed E-state index contributed by atoms with van der Waals surface area (Å²) >= 11 is 0. The summed E-state index contributed by atoms with van der Waals surface area (Å²) in [5.41, 5.74) is 2.31. The number of methoxy groups -OCH3 is 1. The molecular formula is C26H29N3O4S. The minimum Gasteiger partial charge on any atom is -0.497 e. The number of carbonyl (C=O) groups excluding carboxylic acids is 1. The number of nitrogens with zero attached hydrogens (tertiary/aromatic N) is 3. The minimum atomic E-state index is -3.73. The second-order valence-electron chi connectivity index (χ2n) is 8.25. The van der Waals surface area contributed by atoms with Crippen LogP contribution in [0, 0.1) is 0 Å². The average Bonchev–Trinajstić information content (AvgIpc) is 2.89. The molecule has 0 spiro atoms. The Labute approximate surface area is 201 Å². The van der Waals surface area contributed by atoms with Crippen LogP contribution in [-0.2, 0) is 16.6 Å². The van der Waals surface area contributed by atoms with Crippen molar-refractivity contribution in [2.24, 2.45) is 0 Å². The van der Waals surface area contributed by atoms with Crippen LogP contribution in [-0.4, -0.2) is 64.5 Å². The maximum absolute atomic E-state index is 13.0. The summed E-state index contributed by atoms with van der Waals surface area (Å²) in [7, 11) is -0.692. The van der Waals surface area contributed by atoms with Crippen molar-refractivity contribution in [3.63, 3.8) is 0 Å². The Morgan fingerprint density at radius 3 is 2.09 bits per heavy atom. The molecule has 3 aromatic rings. The SMILES string of the molecule is COc1ccc(S(=O)(=O)N(C)c2ccc(C(=O)N3CCN(Cc4ccccc4)CC3)cc2)cc1. The van der Waals surface area contributed by atoms with Crippen LogP contribution in [0.2, 0.25) is 0 Å². The Bertz CT molecular complexity index is 1210. The molecule has 0 unspecified atom stereocenters. The highest BCUT2D eigenvalue weighted by molar-refractivity contribution is 7.92. The van der Waals surface area contributed by atoms with E-state index in [0.717, 1.165) is 19.6 Å². The first-order valence-electron chi connectivity index (χ1n) is 11.2. The number of ether oxygens (including phenoxy) is 1. The Balaban J connectivity index is 1.37. The number of hydrogen-bond acceptors (Lipinski definition) is 5. The number of rotatable bonds is 7. The van der Waals surface area contributed by atoms with E-state index in [2.05, 4.69) is 17.0 Å². The van der Waals surface area contributed by atoms with E-state index < -0.39 is 10.0 Å². The van der Waals surface area contributed by atoms with Gasteiger partial charge in [0.25, 0.3) is 15.9 Å². The predicted molar refractivity (Wildman–Crippen MR) is 133 cm³/mol. The van der Waals surface area contributed by atoms with Crippen molar-refractivity contribution in [1.29, 1.82) is 0 Å². The van der Waals surface area contributed by atoms with Crippen molar-refractivity contribution in [2.45, 2.75) is 11.4 Å². The van der Waals surface area contributed by atoms with Crippen molar-refractivity contribution in [2.75, 3.05) is 44.6 Å². The van der Waals surface area contributed by atoms with Crippen LogP contribution in [0.1, 0.15) is 15.9 Å². The smallest absolute Gasteiger partial charge is 0.264 e. The molecule has 1 amide bonds. The second kappa shape index (κ2) is 10.3. The van der Waals surface area contributed by atoms with Gasteiger partial charge in [-0.05, 0) is 54.1 Å². The van der Waals surface area contributed by atoms with Crippen molar-refractivity contribution in [1.82, 2.24) is 9.80 Å². The predicted octanol–water partition coefficient (Wildman–Crippen LogP) is 3.48. The van der Waals surface area contributed by atoms with Gasteiger partial charge in [0, 0.05) is 45.3 Å². The molecule has 3 aromatic carbocycles. The lowest BCUT2D eigenvalue weighted by Gasteiger charge is -2.34. The summed E-state index contributed by atoms with van der Waals surface area (Å²) in [4.78, 5) is 17.4. The summed E-state index contributed by atoms with van der Waals surface area (Å²) in [5, 5.41) is 0. The first-order valence-corrected chi connectivity index (χ1v) is 12.6. The van der Waals surface area contributed by atoms with E-state index in [9.17, 15) is 13.2 Å². The maximum atomic E-state index is 13.0. The molecule has 1 aliphatic heterocycles. The van der Waals surface area contributed by atoms with Gasteiger partial charge in [-0.3, -0.25) is 14.0 Å². The molecule has 1 saturated heterocycles. The quantitative estimate of drug-likeness (QED) is 0.519. The summed E-state index contributed by atoms with van der Waals surface area (Å²) in [5.74, 6) is 0.553. The van der Waals surface area contributed by atoms with Crippen LogP contribution in [0.15, 0.2) is 83.8 Å². The summed E-state index contributed by atoms with van der Waals surface area (Å²) in [6.45, 7) is 3.86. The number of sulfonamides is 1. The molecule has 7 nitrogen and oxygen atoms in total. The topological polar surface area (TPSA) is 70.2 Å². The molecule has 4 rings (SSSR count). The molecule has 34 heavy (non-hydrogen) atoms. The van der Waals surface area contributed by atoms with E-state index in [4.69, 9.17) is 4.74 Å². The van der Waals surface area contributed by atoms with Gasteiger partial charge < -0.3 is 9.64 Å². The molecule has 0 saturated carbocycles. The summed E-state index contributed by atoms with van der Waals surface area (Å²) in [6.07, 6.45) is 0. The molecule has 1 fully saturated rings. The van der Waals surface area contributed by atoms with Crippen molar-refractivity contribution >= 4 is 21.6 Å². The normalized spacial score (nSPS) is 14.6. The molecule has 0 N–H and O–H groups in total. The zero-order chi connectivity index (χ0) is 24.1. The third kappa shape index (κ3) is 5.24. The fraction of sp³-hybridized carbons (Fsp3) is 0.269. The lowest BCUT2D eigenvalue weighted by atomic mass is 10.1. The molecule has 178 valence electrons. The van der Waals surface area contributed by atoms with Crippen LogP contribution in [0.25, 0.3) is 0 Å². The molecule has 0 aromatic heterocycles. The van der Waals surface area contributed by atoms with E-state index in [-0.39, 0.29) is 10.8 Å². The van der Waals surface area contributed by atoms with E-state index in [1.807, 2.05) is 23.1 Å². The molecule has 1 aliphatic rings. The lowest BCUT2D eigenvalue weighted by Crippen LogP contribution is -2.48. The van der Waals surface area contributed by atoms with Gasteiger partial charge in [-0.2, -0.15) is 0 Å². The highest BCUT2D eigenvalue weighted by Gasteiger charge is 2.24. The second-order valence-corrected chi connectivity index (χ2v) is 10.2. The van der Waals surface area contributed by atoms with Gasteiger partial charge >= 0.3 is 0 Å². The molecule has 8 heteroatoms. The Hall–Kier alpha value is -3.36. The van der Waals surface area contributed by atoms with Gasteiger partial charge in [0.1, 0.15) is 5.75 Å². The number of hydrogen-bond donors (Lipinski definition) is 0. The van der Waals surface area contributed by atoms with Gasteiger partial charge in [-0.25, -0.2) is 8.42 Å². The molecule has 0 atom stereocenters. The van der Waals surface area contributed by atoms with E-state index in [0.29, 0.717) is 30.1 Å². The summed E-state index contributed by atoms with van der Waals surface area (Å²) in [6, 6.07) is 23.3. The number of amides is 1. The van der Waals surface area contributed by atoms with E-state index in [1.165, 1.54) is 36.2 Å². The van der Waals surface area contributed by atoms with Crippen LogP contribution in [0.3, 0.4) is 0 Å². The standard InChI is InChI=1S/C26H29N3O4S/c1-27(34(31,32)25-14-12-24(33-2)13-15-25)23-10-8-22(9-11-23)26(30)29-18-16-28(17-19-29)20-21-6-4-3-5-7-21/h3-15H,16-20H2,1-2H3. The Kier molecular flexibility index (Phi) is 7.19. The zero-order valence-corrected chi connectivity index (χ0v) is 20.2. The van der Waals surface area contributed by atoms with E-state index >= 15 is 0 Å². The fourth-order valence-corrected chi connectivity index (χ4v) is 5.19. The first kappa shape index (κ1) is 23.8. The molecule has 0 radical (unpaired) electrons. The third-order valence-electron chi connectivity index (χ3n) is 6.10. The molecule has 0 bridgehead atoms. The molecule has 0 aliphatic carbocycles. The van der Waals surface area contributed by atoms with Crippen LogP contribution >= 0.6 is 0 Å². The monoisotopic (exact) mass is 479 g/mol. The number of piperazine rings is 1. The lowest BCUT2D eigenvalue weighted by molar-refractivity contribution is 0.0628. The van der Waals surface area contributed by atoms with Crippen molar-refractivity contribution in [3.05, 3.63) is 90.0 Å². The zero-order valence-electron chi connectivity index (χ0n) is 19.4. The fourth-order valence-electron chi connectivity index (χ4n) is 3.99. The first-order chi connectivity index (χ1) is 16.4. The molecule has 1 heterocycles. The van der Waals surface area contributed by atoms with E-state index in [1.54, 1.807) is 36.4 Å². The third-order valence-corrected chi connectivity index (χ3v) is 7.90. The van der Waals surface area contributed by atoms with Crippen molar-refractivity contribution < 1.29 is 17.9 Å². The Morgan fingerprint density at radius 2 is 1.50 bits per heavy atom. The van der Waals surface area contributed by atoms with Crippen LogP contribution in [0.5, 0.6) is 5.75 Å². The maximum Gasteiger partial charge on any atom is 0.264 e. The highest BCUT2D eigenvalue weighted by atomic mass is 32.2.